The molecule has 1 aromatic heterocycles. The number of aromatic nitrogens is 2. The zero-order valence-electron chi connectivity index (χ0n) is 11.9. The van der Waals surface area contributed by atoms with Crippen LogP contribution in [0.5, 0.6) is 0 Å². The van der Waals surface area contributed by atoms with Crippen molar-refractivity contribution in [1.82, 2.24) is 14.5 Å². The Labute approximate surface area is 122 Å². The molecule has 1 N–H and O–H groups in total. The Bertz CT molecular complexity index is 622. The quantitative estimate of drug-likeness (QED) is 0.803. The minimum atomic E-state index is -0.377. The van der Waals surface area contributed by atoms with Crippen LogP contribution < -0.4 is 11.2 Å². The predicted molar refractivity (Wildman–Crippen MR) is 78.5 cm³/mol. The normalized spacial score (nSPS) is 30.4. The summed E-state index contributed by atoms with van der Waals surface area (Å²) in [6, 6.07) is 0.957. The lowest BCUT2D eigenvalue weighted by atomic mass is 9.82. The van der Waals surface area contributed by atoms with Gasteiger partial charge in [0, 0.05) is 23.7 Å². The van der Waals surface area contributed by atoms with Gasteiger partial charge in [0.05, 0.1) is 0 Å². The van der Waals surface area contributed by atoms with Crippen molar-refractivity contribution in [3.8, 4) is 0 Å². The summed E-state index contributed by atoms with van der Waals surface area (Å²) in [5, 5.41) is 0.157. The van der Waals surface area contributed by atoms with E-state index in [-0.39, 0.29) is 22.4 Å². The molecule has 3 rings (SSSR count). The van der Waals surface area contributed by atoms with Crippen LogP contribution >= 0.6 is 11.6 Å². The number of aromatic amines is 1. The highest BCUT2D eigenvalue weighted by Gasteiger charge is 2.37. The fourth-order valence-electron chi connectivity index (χ4n) is 3.74. The van der Waals surface area contributed by atoms with Crippen LogP contribution in [0.2, 0.25) is 5.15 Å². The van der Waals surface area contributed by atoms with Gasteiger partial charge in [-0.15, -0.1) is 0 Å². The van der Waals surface area contributed by atoms with Gasteiger partial charge in [0.1, 0.15) is 5.15 Å². The van der Waals surface area contributed by atoms with E-state index < -0.39 is 0 Å². The summed E-state index contributed by atoms with van der Waals surface area (Å²) >= 11 is 5.87. The van der Waals surface area contributed by atoms with Crippen LogP contribution in [0.15, 0.2) is 9.59 Å². The number of piperidine rings is 2. The molecule has 3 heterocycles. The molecule has 0 spiro atoms. The third-order valence-corrected chi connectivity index (χ3v) is 5.36. The van der Waals surface area contributed by atoms with E-state index in [1.54, 1.807) is 6.92 Å². The number of H-pyrrole nitrogens is 1. The molecule has 0 radical (unpaired) electrons. The van der Waals surface area contributed by atoms with Crippen LogP contribution in [0.4, 0.5) is 0 Å². The molecule has 20 heavy (non-hydrogen) atoms. The Hall–Kier alpha value is -1.07. The first-order chi connectivity index (χ1) is 9.49. The van der Waals surface area contributed by atoms with Crippen LogP contribution in [-0.4, -0.2) is 33.6 Å². The zero-order chi connectivity index (χ0) is 14.4. The average Bonchev–Trinajstić information content (AvgIpc) is 2.37. The van der Waals surface area contributed by atoms with Gasteiger partial charge in [-0.3, -0.25) is 14.3 Å². The fraction of sp³-hybridized carbons (Fsp3) is 0.714. The smallest absolute Gasteiger partial charge is 0.300 e. The number of nitrogens with zero attached hydrogens (tertiary/aromatic N) is 2. The SMILES string of the molecule is Cc1c(Cl)[nH]c(=O)n(C2CC3CCCC(C2)N3C)c1=O. The first kappa shape index (κ1) is 13.9. The predicted octanol–water partition coefficient (Wildman–Crippen LogP) is 1.69. The molecule has 0 aromatic carbocycles. The maximum absolute atomic E-state index is 12.4. The lowest BCUT2D eigenvalue weighted by Gasteiger charge is -2.47. The number of rotatable bonds is 1. The monoisotopic (exact) mass is 297 g/mol. The van der Waals surface area contributed by atoms with E-state index in [1.165, 1.54) is 11.0 Å². The van der Waals surface area contributed by atoms with Gasteiger partial charge < -0.3 is 4.90 Å². The second kappa shape index (κ2) is 5.04. The molecule has 110 valence electrons. The van der Waals surface area contributed by atoms with Crippen molar-refractivity contribution < 1.29 is 0 Å². The van der Waals surface area contributed by atoms with E-state index in [9.17, 15) is 9.59 Å². The molecule has 2 saturated heterocycles. The van der Waals surface area contributed by atoms with Crippen molar-refractivity contribution in [2.45, 2.75) is 57.2 Å². The second-order valence-electron chi connectivity index (χ2n) is 6.07. The van der Waals surface area contributed by atoms with Gasteiger partial charge >= 0.3 is 5.69 Å². The number of hydrogen-bond acceptors (Lipinski definition) is 3. The van der Waals surface area contributed by atoms with E-state index in [4.69, 9.17) is 11.6 Å². The van der Waals surface area contributed by atoms with E-state index >= 15 is 0 Å². The van der Waals surface area contributed by atoms with Crippen LogP contribution in [0.1, 0.15) is 43.7 Å². The lowest BCUT2D eigenvalue weighted by molar-refractivity contribution is 0.0380. The summed E-state index contributed by atoms with van der Waals surface area (Å²) in [6.45, 7) is 1.66. The summed E-state index contributed by atoms with van der Waals surface area (Å²) < 4.78 is 1.39. The summed E-state index contributed by atoms with van der Waals surface area (Å²) in [6.07, 6.45) is 5.30. The standard InChI is InChI=1S/C14H20ClN3O2/c1-8-12(15)16-14(20)18(13(8)19)11-6-9-4-3-5-10(7-11)17(9)2/h9-11H,3-7H2,1-2H3,(H,16,20). The van der Waals surface area contributed by atoms with Gasteiger partial charge in [-0.25, -0.2) is 4.79 Å². The zero-order valence-corrected chi connectivity index (χ0v) is 12.6. The third kappa shape index (κ3) is 2.13. The van der Waals surface area contributed by atoms with Crippen LogP contribution in [0.3, 0.4) is 0 Å². The number of hydrogen-bond donors (Lipinski definition) is 1. The molecule has 2 unspecified atom stereocenters. The minimum Gasteiger partial charge on any atom is -0.300 e. The van der Waals surface area contributed by atoms with E-state index in [0.717, 1.165) is 25.7 Å². The molecule has 2 fully saturated rings. The molecule has 0 aliphatic carbocycles. The molecular weight excluding hydrogens is 278 g/mol. The van der Waals surface area contributed by atoms with Gasteiger partial charge in [0.2, 0.25) is 0 Å². The fourth-order valence-corrected chi connectivity index (χ4v) is 3.91. The minimum absolute atomic E-state index is 0.00582. The molecule has 6 heteroatoms. The highest BCUT2D eigenvalue weighted by atomic mass is 35.5. The Morgan fingerprint density at radius 3 is 2.35 bits per heavy atom. The molecular formula is C14H20ClN3O2. The topological polar surface area (TPSA) is 58.1 Å². The Morgan fingerprint density at radius 1 is 1.15 bits per heavy atom. The van der Waals surface area contributed by atoms with Crippen LogP contribution in [0, 0.1) is 6.92 Å². The third-order valence-electron chi connectivity index (χ3n) is 4.98. The largest absolute Gasteiger partial charge is 0.329 e. The summed E-state index contributed by atoms with van der Waals surface area (Å²) in [4.78, 5) is 29.5. The molecule has 2 aliphatic rings. The second-order valence-corrected chi connectivity index (χ2v) is 6.45. The molecule has 2 bridgehead atoms. The lowest BCUT2D eigenvalue weighted by Crippen LogP contribution is -2.53. The molecule has 5 nitrogen and oxygen atoms in total. The first-order valence-corrected chi connectivity index (χ1v) is 7.59. The molecule has 1 aromatic rings. The van der Waals surface area contributed by atoms with Crippen LogP contribution in [0.25, 0.3) is 0 Å². The number of nitrogens with one attached hydrogen (secondary N) is 1. The van der Waals surface area contributed by atoms with Gasteiger partial charge in [-0.05, 0) is 39.7 Å². The van der Waals surface area contributed by atoms with E-state index in [0.29, 0.717) is 17.6 Å². The number of halogens is 1. The number of fused-ring (bicyclic) bond motifs is 2. The molecule has 2 atom stereocenters. The summed E-state index contributed by atoms with van der Waals surface area (Å²) in [7, 11) is 2.16. The van der Waals surface area contributed by atoms with Crippen molar-refractivity contribution in [2.24, 2.45) is 0 Å². The van der Waals surface area contributed by atoms with Crippen molar-refractivity contribution in [2.75, 3.05) is 7.05 Å². The van der Waals surface area contributed by atoms with E-state index in [2.05, 4.69) is 16.9 Å². The van der Waals surface area contributed by atoms with Gasteiger partial charge in [-0.1, -0.05) is 18.0 Å². The van der Waals surface area contributed by atoms with Crippen LogP contribution in [-0.2, 0) is 0 Å². The van der Waals surface area contributed by atoms with Crippen molar-refractivity contribution in [1.29, 1.82) is 0 Å². The summed E-state index contributed by atoms with van der Waals surface area (Å²) in [5.74, 6) is 0. The molecule has 0 saturated carbocycles. The highest BCUT2D eigenvalue weighted by Crippen LogP contribution is 2.37. The highest BCUT2D eigenvalue weighted by molar-refractivity contribution is 6.30. The first-order valence-electron chi connectivity index (χ1n) is 7.22. The molecule has 2 aliphatic heterocycles. The van der Waals surface area contributed by atoms with Crippen molar-refractivity contribution >= 4 is 11.6 Å². The molecule has 0 amide bonds. The maximum Gasteiger partial charge on any atom is 0.329 e. The van der Waals surface area contributed by atoms with Gasteiger partial charge in [0.15, 0.2) is 0 Å². The summed E-state index contributed by atoms with van der Waals surface area (Å²) in [5.41, 5.74) is -0.194. The average molecular weight is 298 g/mol. The van der Waals surface area contributed by atoms with Gasteiger partial charge in [-0.2, -0.15) is 0 Å². The van der Waals surface area contributed by atoms with Crippen molar-refractivity contribution in [3.63, 3.8) is 0 Å². The van der Waals surface area contributed by atoms with Gasteiger partial charge in [0.25, 0.3) is 5.56 Å². The Balaban J connectivity index is 2.01. The van der Waals surface area contributed by atoms with Crippen molar-refractivity contribution in [3.05, 3.63) is 31.6 Å². The Morgan fingerprint density at radius 2 is 1.75 bits per heavy atom. The Kier molecular flexibility index (Phi) is 3.50. The van der Waals surface area contributed by atoms with E-state index in [1.807, 2.05) is 0 Å². The maximum atomic E-state index is 12.4.